The molecule has 1 aliphatic rings. The first-order chi connectivity index (χ1) is 9.06. The topological polar surface area (TPSA) is 76.0 Å². The lowest BCUT2D eigenvalue weighted by Crippen LogP contribution is -2.47. The van der Waals surface area contributed by atoms with E-state index in [2.05, 4.69) is 15.7 Å². The maximum absolute atomic E-state index is 12.3. The van der Waals surface area contributed by atoms with Crippen LogP contribution in [0.15, 0.2) is 12.4 Å². The van der Waals surface area contributed by atoms with Gasteiger partial charge in [0.05, 0.1) is 11.9 Å². The summed E-state index contributed by atoms with van der Waals surface area (Å²) in [6.45, 7) is 1.44. The van der Waals surface area contributed by atoms with Gasteiger partial charge in [0.25, 0.3) is 0 Å². The summed E-state index contributed by atoms with van der Waals surface area (Å²) in [4.78, 5) is 23.5. The molecule has 104 valence electrons. The monoisotopic (exact) mass is 264 g/mol. The molecule has 1 aliphatic carbocycles. The molecule has 6 heteroatoms. The SMILES string of the molecule is CC(=O)N[C@@H](C(=O)Nc1cnn(C)c1)C1CCCC1. The number of anilines is 1. The Morgan fingerprint density at radius 1 is 1.42 bits per heavy atom. The van der Waals surface area contributed by atoms with Crippen molar-refractivity contribution in [3.05, 3.63) is 12.4 Å². The maximum Gasteiger partial charge on any atom is 0.247 e. The number of carbonyl (C=O) groups excluding carboxylic acids is 2. The summed E-state index contributed by atoms with van der Waals surface area (Å²) in [7, 11) is 1.79. The Balaban J connectivity index is 2.04. The fourth-order valence-electron chi connectivity index (χ4n) is 2.61. The first kappa shape index (κ1) is 13.6. The highest BCUT2D eigenvalue weighted by molar-refractivity contribution is 5.97. The van der Waals surface area contributed by atoms with Crippen molar-refractivity contribution in [2.24, 2.45) is 13.0 Å². The van der Waals surface area contributed by atoms with E-state index in [9.17, 15) is 9.59 Å². The van der Waals surface area contributed by atoms with E-state index in [0.29, 0.717) is 5.69 Å². The van der Waals surface area contributed by atoms with E-state index in [1.54, 1.807) is 24.1 Å². The Hall–Kier alpha value is -1.85. The van der Waals surface area contributed by atoms with Gasteiger partial charge in [0, 0.05) is 20.2 Å². The standard InChI is InChI=1S/C13H20N4O2/c1-9(18)15-12(10-5-3-4-6-10)13(19)16-11-7-14-17(2)8-11/h7-8,10,12H,3-6H2,1-2H3,(H,15,18)(H,16,19)/t12-/m1/s1. The zero-order valence-corrected chi connectivity index (χ0v) is 11.3. The van der Waals surface area contributed by atoms with Crippen molar-refractivity contribution in [3.8, 4) is 0 Å². The molecule has 0 radical (unpaired) electrons. The maximum atomic E-state index is 12.3. The summed E-state index contributed by atoms with van der Waals surface area (Å²) < 4.78 is 1.62. The molecule has 0 bridgehead atoms. The van der Waals surface area contributed by atoms with Crippen LogP contribution in [0.5, 0.6) is 0 Å². The third kappa shape index (κ3) is 3.56. The van der Waals surface area contributed by atoms with Crippen LogP contribution in [0.2, 0.25) is 0 Å². The van der Waals surface area contributed by atoms with Gasteiger partial charge in [-0.1, -0.05) is 12.8 Å². The molecular formula is C13H20N4O2. The smallest absolute Gasteiger partial charge is 0.247 e. The summed E-state index contributed by atoms with van der Waals surface area (Å²) >= 11 is 0. The van der Waals surface area contributed by atoms with Crippen LogP contribution in [0.1, 0.15) is 32.6 Å². The van der Waals surface area contributed by atoms with Gasteiger partial charge in [-0.3, -0.25) is 14.3 Å². The molecule has 0 aliphatic heterocycles. The van der Waals surface area contributed by atoms with Crippen LogP contribution >= 0.6 is 0 Å². The summed E-state index contributed by atoms with van der Waals surface area (Å²) in [6.07, 6.45) is 7.56. The van der Waals surface area contributed by atoms with Gasteiger partial charge in [-0.2, -0.15) is 5.10 Å². The van der Waals surface area contributed by atoms with Crippen LogP contribution in [-0.2, 0) is 16.6 Å². The van der Waals surface area contributed by atoms with E-state index in [1.165, 1.54) is 6.92 Å². The predicted octanol–water partition coefficient (Wildman–Crippen LogP) is 1.05. The fraction of sp³-hybridized carbons (Fsp3) is 0.615. The number of nitrogens with one attached hydrogen (secondary N) is 2. The van der Waals surface area contributed by atoms with E-state index in [1.807, 2.05) is 0 Å². The van der Waals surface area contributed by atoms with Gasteiger partial charge in [0.2, 0.25) is 11.8 Å². The Morgan fingerprint density at radius 3 is 2.63 bits per heavy atom. The van der Waals surface area contributed by atoms with Crippen LogP contribution in [-0.4, -0.2) is 27.6 Å². The molecule has 0 spiro atoms. The number of rotatable bonds is 4. The van der Waals surface area contributed by atoms with Crippen molar-refractivity contribution >= 4 is 17.5 Å². The molecule has 1 saturated carbocycles. The van der Waals surface area contributed by atoms with Gasteiger partial charge in [0.1, 0.15) is 6.04 Å². The summed E-state index contributed by atoms with van der Waals surface area (Å²) in [5.74, 6) is -0.0890. The Labute approximate surface area is 112 Å². The molecule has 0 aromatic carbocycles. The van der Waals surface area contributed by atoms with Crippen LogP contribution in [0.4, 0.5) is 5.69 Å². The second-order valence-electron chi connectivity index (χ2n) is 5.11. The van der Waals surface area contributed by atoms with Gasteiger partial charge < -0.3 is 10.6 Å². The average Bonchev–Trinajstić information content (AvgIpc) is 2.97. The zero-order valence-electron chi connectivity index (χ0n) is 11.3. The normalized spacial score (nSPS) is 17.2. The molecule has 1 atom stereocenters. The molecule has 2 rings (SSSR count). The minimum absolute atomic E-state index is 0.157. The van der Waals surface area contributed by atoms with Crippen LogP contribution in [0.3, 0.4) is 0 Å². The number of hydrogen-bond acceptors (Lipinski definition) is 3. The minimum atomic E-state index is -0.444. The predicted molar refractivity (Wildman–Crippen MR) is 71.4 cm³/mol. The molecule has 6 nitrogen and oxygen atoms in total. The van der Waals surface area contributed by atoms with E-state index in [4.69, 9.17) is 0 Å². The molecule has 0 unspecified atom stereocenters. The first-order valence-electron chi connectivity index (χ1n) is 6.63. The molecule has 0 saturated heterocycles. The molecule has 1 aromatic heterocycles. The van der Waals surface area contributed by atoms with Crippen LogP contribution in [0, 0.1) is 5.92 Å². The summed E-state index contributed by atoms with van der Waals surface area (Å²) in [6, 6.07) is -0.444. The largest absolute Gasteiger partial charge is 0.344 e. The van der Waals surface area contributed by atoms with Gasteiger partial charge in [-0.05, 0) is 18.8 Å². The lowest BCUT2D eigenvalue weighted by atomic mass is 9.97. The average molecular weight is 264 g/mol. The van der Waals surface area contributed by atoms with E-state index in [0.717, 1.165) is 25.7 Å². The number of carbonyl (C=O) groups is 2. The Kier molecular flexibility index (Phi) is 4.19. The molecule has 19 heavy (non-hydrogen) atoms. The van der Waals surface area contributed by atoms with Crippen molar-refractivity contribution in [1.29, 1.82) is 0 Å². The van der Waals surface area contributed by atoms with Gasteiger partial charge in [0.15, 0.2) is 0 Å². The fourth-order valence-corrected chi connectivity index (χ4v) is 2.61. The highest BCUT2D eigenvalue weighted by atomic mass is 16.2. The molecule has 2 amide bonds. The lowest BCUT2D eigenvalue weighted by Gasteiger charge is -2.22. The molecule has 2 N–H and O–H groups in total. The first-order valence-corrected chi connectivity index (χ1v) is 6.63. The van der Waals surface area contributed by atoms with Crippen molar-refractivity contribution in [3.63, 3.8) is 0 Å². The molecule has 1 aromatic rings. The van der Waals surface area contributed by atoms with E-state index >= 15 is 0 Å². The second-order valence-corrected chi connectivity index (χ2v) is 5.11. The molecule has 1 fully saturated rings. The highest BCUT2D eigenvalue weighted by Gasteiger charge is 2.31. The number of hydrogen-bond donors (Lipinski definition) is 2. The quantitative estimate of drug-likeness (QED) is 0.853. The van der Waals surface area contributed by atoms with Crippen molar-refractivity contribution < 1.29 is 9.59 Å². The van der Waals surface area contributed by atoms with Gasteiger partial charge in [-0.25, -0.2) is 0 Å². The van der Waals surface area contributed by atoms with Gasteiger partial charge >= 0.3 is 0 Å². The summed E-state index contributed by atoms with van der Waals surface area (Å²) in [5, 5.41) is 9.58. The molecule has 1 heterocycles. The number of nitrogens with zero attached hydrogens (tertiary/aromatic N) is 2. The van der Waals surface area contributed by atoms with Gasteiger partial charge in [-0.15, -0.1) is 0 Å². The van der Waals surface area contributed by atoms with Crippen molar-refractivity contribution in [1.82, 2.24) is 15.1 Å². The minimum Gasteiger partial charge on any atom is -0.344 e. The molecular weight excluding hydrogens is 244 g/mol. The van der Waals surface area contributed by atoms with E-state index < -0.39 is 6.04 Å². The van der Waals surface area contributed by atoms with Crippen LogP contribution < -0.4 is 10.6 Å². The number of amides is 2. The Bertz CT molecular complexity index is 463. The van der Waals surface area contributed by atoms with Crippen molar-refractivity contribution in [2.75, 3.05) is 5.32 Å². The third-order valence-corrected chi connectivity index (χ3v) is 3.48. The third-order valence-electron chi connectivity index (χ3n) is 3.48. The summed E-state index contributed by atoms with van der Waals surface area (Å²) in [5.41, 5.74) is 0.654. The van der Waals surface area contributed by atoms with Crippen molar-refractivity contribution in [2.45, 2.75) is 38.6 Å². The lowest BCUT2D eigenvalue weighted by molar-refractivity contribution is -0.126. The second kappa shape index (κ2) is 5.86. The van der Waals surface area contributed by atoms with Crippen LogP contribution in [0.25, 0.3) is 0 Å². The number of aryl methyl sites for hydroxylation is 1. The number of aromatic nitrogens is 2. The zero-order chi connectivity index (χ0) is 13.8. The Morgan fingerprint density at radius 2 is 2.11 bits per heavy atom. The highest BCUT2D eigenvalue weighted by Crippen LogP contribution is 2.28. The van der Waals surface area contributed by atoms with E-state index in [-0.39, 0.29) is 17.7 Å².